The van der Waals surface area contributed by atoms with Crippen LogP contribution < -0.4 is 21.3 Å². The van der Waals surface area contributed by atoms with E-state index in [9.17, 15) is 9.59 Å². The van der Waals surface area contributed by atoms with Gasteiger partial charge in [-0.1, -0.05) is 30.3 Å². The number of hydrogen-bond acceptors (Lipinski definition) is 7. The third-order valence-corrected chi connectivity index (χ3v) is 4.22. The fourth-order valence-corrected chi connectivity index (χ4v) is 2.75. The molecule has 0 saturated heterocycles. The molecule has 9 nitrogen and oxygen atoms in total. The number of benzene rings is 1. The Morgan fingerprint density at radius 3 is 2.03 bits per heavy atom. The number of amides is 2. The van der Waals surface area contributed by atoms with Crippen LogP contribution in [-0.2, 0) is 4.79 Å². The summed E-state index contributed by atoms with van der Waals surface area (Å²) in [7, 11) is 0. The van der Waals surface area contributed by atoms with Crippen LogP contribution in [0.5, 0.6) is 0 Å². The molecule has 0 fully saturated rings. The van der Waals surface area contributed by atoms with Crippen molar-refractivity contribution >= 4 is 23.5 Å². The summed E-state index contributed by atoms with van der Waals surface area (Å²) >= 11 is 0. The lowest BCUT2D eigenvalue weighted by molar-refractivity contribution is -0.118. The van der Waals surface area contributed by atoms with Gasteiger partial charge in [0.15, 0.2) is 5.82 Å². The Balaban J connectivity index is 1.61. The number of carbonyl (C=O) groups is 2. The van der Waals surface area contributed by atoms with Gasteiger partial charge in [0.2, 0.25) is 5.91 Å². The lowest BCUT2D eigenvalue weighted by Gasteiger charge is -2.12. The number of hydrogen-bond donors (Lipinski definition) is 4. The van der Waals surface area contributed by atoms with Crippen molar-refractivity contribution in [3.05, 3.63) is 66.5 Å². The van der Waals surface area contributed by atoms with Crippen molar-refractivity contribution in [3.63, 3.8) is 0 Å². The van der Waals surface area contributed by atoms with Gasteiger partial charge in [0.05, 0.1) is 0 Å². The van der Waals surface area contributed by atoms with E-state index in [1.165, 1.54) is 6.92 Å². The van der Waals surface area contributed by atoms with Gasteiger partial charge in [-0.15, -0.1) is 0 Å². The summed E-state index contributed by atoms with van der Waals surface area (Å²) in [4.78, 5) is 36.2. The SMILES string of the molecule is CC(=O)NCCNc1cc(NCCNC(=O)c2ccncc2)nc(-c2ccccc2)n1. The summed E-state index contributed by atoms with van der Waals surface area (Å²) < 4.78 is 0. The quantitative estimate of drug-likeness (QED) is 0.371. The highest BCUT2D eigenvalue weighted by Crippen LogP contribution is 2.19. The standard InChI is InChI=1S/C22H25N7O2/c1-16(30)24-11-12-25-19-15-20(29-21(28-19)17-5-3-2-4-6-17)26-13-14-27-22(31)18-7-9-23-10-8-18/h2-10,15H,11-14H2,1H3,(H,24,30)(H,27,31)(H2,25,26,28,29). The van der Waals surface area contributed by atoms with Crippen LogP contribution in [-0.4, -0.2) is 52.9 Å². The minimum absolute atomic E-state index is 0.0781. The van der Waals surface area contributed by atoms with Crippen LogP contribution in [0.2, 0.25) is 0 Å². The topological polar surface area (TPSA) is 121 Å². The molecule has 3 rings (SSSR count). The summed E-state index contributed by atoms with van der Waals surface area (Å²) in [5.74, 6) is 1.62. The highest BCUT2D eigenvalue weighted by atomic mass is 16.2. The number of anilines is 2. The van der Waals surface area contributed by atoms with Crippen molar-refractivity contribution in [1.82, 2.24) is 25.6 Å². The van der Waals surface area contributed by atoms with Gasteiger partial charge in [-0.2, -0.15) is 0 Å². The average molecular weight is 419 g/mol. The first-order valence-corrected chi connectivity index (χ1v) is 9.97. The van der Waals surface area contributed by atoms with Crippen LogP contribution in [0, 0.1) is 0 Å². The Morgan fingerprint density at radius 1 is 0.806 bits per heavy atom. The first-order valence-electron chi connectivity index (χ1n) is 9.97. The zero-order valence-electron chi connectivity index (χ0n) is 17.3. The maximum atomic E-state index is 12.1. The highest BCUT2D eigenvalue weighted by Gasteiger charge is 2.08. The molecule has 0 saturated carbocycles. The summed E-state index contributed by atoms with van der Waals surface area (Å²) in [6, 6.07) is 14.8. The molecule has 4 N–H and O–H groups in total. The number of pyridine rings is 1. The molecule has 0 aliphatic carbocycles. The van der Waals surface area contributed by atoms with E-state index in [1.54, 1.807) is 30.6 Å². The van der Waals surface area contributed by atoms with E-state index in [-0.39, 0.29) is 11.8 Å². The second-order valence-corrected chi connectivity index (χ2v) is 6.66. The zero-order valence-corrected chi connectivity index (χ0v) is 17.3. The third kappa shape index (κ3) is 7.07. The van der Waals surface area contributed by atoms with E-state index >= 15 is 0 Å². The van der Waals surface area contributed by atoms with E-state index in [1.807, 2.05) is 30.3 Å². The second kappa shape index (κ2) is 11.2. The molecule has 2 heterocycles. The number of nitrogens with one attached hydrogen (secondary N) is 4. The van der Waals surface area contributed by atoms with Crippen LogP contribution in [0.15, 0.2) is 60.9 Å². The largest absolute Gasteiger partial charge is 0.368 e. The summed E-state index contributed by atoms with van der Waals surface area (Å²) in [6.07, 6.45) is 3.17. The Hall–Kier alpha value is -4.01. The van der Waals surface area contributed by atoms with Gasteiger partial charge < -0.3 is 21.3 Å². The van der Waals surface area contributed by atoms with E-state index < -0.39 is 0 Å². The minimum atomic E-state index is -0.155. The molecule has 9 heteroatoms. The van der Waals surface area contributed by atoms with E-state index in [4.69, 9.17) is 0 Å². The maximum absolute atomic E-state index is 12.1. The molecule has 0 unspecified atom stereocenters. The normalized spacial score (nSPS) is 10.2. The van der Waals surface area contributed by atoms with Crippen molar-refractivity contribution in [2.75, 3.05) is 36.8 Å². The van der Waals surface area contributed by atoms with Gasteiger partial charge in [-0.3, -0.25) is 14.6 Å². The van der Waals surface area contributed by atoms with Crippen LogP contribution in [0.1, 0.15) is 17.3 Å². The minimum Gasteiger partial charge on any atom is -0.368 e. The molecule has 0 bridgehead atoms. The van der Waals surface area contributed by atoms with Crippen LogP contribution in [0.25, 0.3) is 11.4 Å². The number of aromatic nitrogens is 3. The zero-order chi connectivity index (χ0) is 21.9. The van der Waals surface area contributed by atoms with Gasteiger partial charge in [-0.05, 0) is 12.1 Å². The molecular weight excluding hydrogens is 394 g/mol. The van der Waals surface area contributed by atoms with Gasteiger partial charge in [0.1, 0.15) is 11.6 Å². The van der Waals surface area contributed by atoms with E-state index in [2.05, 4.69) is 36.2 Å². The van der Waals surface area contributed by atoms with Crippen molar-refractivity contribution in [2.24, 2.45) is 0 Å². The Bertz CT molecular complexity index is 997. The predicted molar refractivity (Wildman–Crippen MR) is 120 cm³/mol. The number of carbonyl (C=O) groups excluding carboxylic acids is 2. The molecule has 0 aliphatic heterocycles. The van der Waals surface area contributed by atoms with Gasteiger partial charge in [0.25, 0.3) is 5.91 Å². The molecule has 0 aliphatic rings. The number of nitrogens with zero attached hydrogens (tertiary/aromatic N) is 3. The van der Waals surface area contributed by atoms with Gasteiger partial charge >= 0.3 is 0 Å². The first kappa shape index (κ1) is 21.7. The van der Waals surface area contributed by atoms with Crippen LogP contribution in [0.4, 0.5) is 11.6 Å². The average Bonchev–Trinajstić information content (AvgIpc) is 2.80. The fraction of sp³-hybridized carbons (Fsp3) is 0.227. The molecule has 0 atom stereocenters. The van der Waals surface area contributed by atoms with Crippen molar-refractivity contribution in [1.29, 1.82) is 0 Å². The molecule has 3 aromatic rings. The molecule has 0 spiro atoms. The number of rotatable bonds is 10. The summed E-state index contributed by atoms with van der Waals surface area (Å²) in [5.41, 5.74) is 1.45. The highest BCUT2D eigenvalue weighted by molar-refractivity contribution is 5.93. The van der Waals surface area contributed by atoms with Crippen molar-refractivity contribution in [2.45, 2.75) is 6.92 Å². The lowest BCUT2D eigenvalue weighted by atomic mass is 10.2. The molecular formula is C22H25N7O2. The molecule has 2 aromatic heterocycles. The maximum Gasteiger partial charge on any atom is 0.251 e. The predicted octanol–water partition coefficient (Wildman–Crippen LogP) is 1.93. The second-order valence-electron chi connectivity index (χ2n) is 6.66. The first-order chi connectivity index (χ1) is 15.1. The van der Waals surface area contributed by atoms with Gasteiger partial charge in [-0.25, -0.2) is 9.97 Å². The van der Waals surface area contributed by atoms with Crippen LogP contribution in [0.3, 0.4) is 0 Å². The Kier molecular flexibility index (Phi) is 7.87. The smallest absolute Gasteiger partial charge is 0.251 e. The van der Waals surface area contributed by atoms with Crippen molar-refractivity contribution in [3.8, 4) is 11.4 Å². The molecule has 31 heavy (non-hydrogen) atoms. The third-order valence-electron chi connectivity index (χ3n) is 4.22. The van der Waals surface area contributed by atoms with Gasteiger partial charge in [0, 0.05) is 62.7 Å². The summed E-state index contributed by atoms with van der Waals surface area (Å²) in [5, 5.41) is 12.0. The molecule has 160 valence electrons. The fourth-order valence-electron chi connectivity index (χ4n) is 2.75. The van der Waals surface area contributed by atoms with Crippen molar-refractivity contribution < 1.29 is 9.59 Å². The lowest BCUT2D eigenvalue weighted by Crippen LogP contribution is -2.29. The van der Waals surface area contributed by atoms with E-state index in [0.29, 0.717) is 49.2 Å². The van der Waals surface area contributed by atoms with Crippen LogP contribution >= 0.6 is 0 Å². The summed E-state index contributed by atoms with van der Waals surface area (Å²) in [6.45, 7) is 3.42. The van der Waals surface area contributed by atoms with E-state index in [0.717, 1.165) is 5.56 Å². The molecule has 2 amide bonds. The molecule has 1 aromatic carbocycles. The molecule has 0 radical (unpaired) electrons. The monoisotopic (exact) mass is 419 g/mol. The Labute approximate surface area is 180 Å². The Morgan fingerprint density at radius 2 is 1.42 bits per heavy atom.